The van der Waals surface area contributed by atoms with E-state index in [4.69, 9.17) is 4.42 Å². The van der Waals surface area contributed by atoms with Crippen LogP contribution in [0.5, 0.6) is 0 Å². The Labute approximate surface area is 104 Å². The smallest absolute Gasteiger partial charge is 0.329 e. The maximum Gasteiger partial charge on any atom is 0.329 e. The molecule has 0 aliphatic heterocycles. The van der Waals surface area contributed by atoms with Crippen LogP contribution in [0, 0.1) is 6.92 Å². The molecule has 2 aromatic rings. The Morgan fingerprint density at radius 3 is 2.56 bits per heavy atom. The van der Waals surface area contributed by atoms with Gasteiger partial charge in [0.15, 0.2) is 0 Å². The summed E-state index contributed by atoms with van der Waals surface area (Å²) in [6.07, 6.45) is 0. The van der Waals surface area contributed by atoms with E-state index in [1.807, 2.05) is 0 Å². The van der Waals surface area contributed by atoms with Crippen molar-refractivity contribution in [2.75, 3.05) is 17.1 Å². The lowest BCUT2D eigenvalue weighted by Crippen LogP contribution is -2.14. The van der Waals surface area contributed by atoms with Crippen LogP contribution in [0.25, 0.3) is 0 Å². The van der Waals surface area contributed by atoms with Crippen molar-refractivity contribution in [2.24, 2.45) is 0 Å². The largest absolute Gasteiger partial charge is 0.408 e. The second-order valence-corrected chi connectivity index (χ2v) is 5.13. The summed E-state index contributed by atoms with van der Waals surface area (Å²) in [6, 6.07) is 6.36. The monoisotopic (exact) mass is 268 g/mol. The average Bonchev–Trinajstić information content (AvgIpc) is 2.74. The lowest BCUT2D eigenvalue weighted by Gasteiger charge is -2.09. The minimum atomic E-state index is -3.75. The van der Waals surface area contributed by atoms with E-state index < -0.39 is 10.0 Å². The quantitative estimate of drug-likeness (QED) is 0.865. The van der Waals surface area contributed by atoms with Gasteiger partial charge in [-0.3, -0.25) is 0 Å². The maximum atomic E-state index is 12.1. The number of hydrogen-bond acceptors (Lipinski definition) is 6. The van der Waals surface area contributed by atoms with Crippen LogP contribution in [0.2, 0.25) is 0 Å². The van der Waals surface area contributed by atoms with E-state index in [0.717, 1.165) is 0 Å². The molecule has 0 aliphatic carbocycles. The zero-order valence-corrected chi connectivity index (χ0v) is 10.7. The number of sulfonamides is 1. The minimum Gasteiger partial charge on any atom is -0.408 e. The predicted molar refractivity (Wildman–Crippen MR) is 65.8 cm³/mol. The van der Waals surface area contributed by atoms with Gasteiger partial charge >= 0.3 is 6.01 Å². The summed E-state index contributed by atoms with van der Waals surface area (Å²) in [5, 5.41) is 9.94. The molecule has 7 nitrogen and oxygen atoms in total. The van der Waals surface area contributed by atoms with Gasteiger partial charge in [0.25, 0.3) is 10.0 Å². The molecule has 2 rings (SSSR count). The van der Waals surface area contributed by atoms with Gasteiger partial charge in [0.1, 0.15) is 4.90 Å². The highest BCUT2D eigenvalue weighted by molar-refractivity contribution is 7.92. The predicted octanol–water partition coefficient (Wildman–Crippen LogP) is 1.22. The van der Waals surface area contributed by atoms with Crippen molar-refractivity contribution >= 4 is 21.7 Å². The zero-order chi connectivity index (χ0) is 13.2. The topological polar surface area (TPSA) is 97.1 Å². The summed E-state index contributed by atoms with van der Waals surface area (Å²) in [6.45, 7) is 1.58. The summed E-state index contributed by atoms with van der Waals surface area (Å²) in [7, 11) is -2.11. The molecule has 1 aromatic carbocycles. The number of aromatic nitrogens is 2. The third kappa shape index (κ3) is 2.43. The molecule has 2 N–H and O–H groups in total. The van der Waals surface area contributed by atoms with E-state index in [9.17, 15) is 8.42 Å². The highest BCUT2D eigenvalue weighted by Gasteiger charge is 2.20. The molecule has 0 fully saturated rings. The zero-order valence-electron chi connectivity index (χ0n) is 9.84. The minimum absolute atomic E-state index is 0.114. The second-order valence-electron chi connectivity index (χ2n) is 3.48. The van der Waals surface area contributed by atoms with Crippen LogP contribution in [-0.2, 0) is 10.0 Å². The number of para-hydroxylation sites is 1. The normalized spacial score (nSPS) is 11.2. The van der Waals surface area contributed by atoms with Crippen LogP contribution in [0.15, 0.2) is 33.6 Å². The Morgan fingerprint density at radius 1 is 1.22 bits per heavy atom. The van der Waals surface area contributed by atoms with Gasteiger partial charge in [0.05, 0.1) is 5.69 Å². The number of hydrogen-bond donors (Lipinski definition) is 2. The average molecular weight is 268 g/mol. The SMILES string of the molecule is CNc1ccccc1S(=O)(=O)Nc1nnc(C)o1. The highest BCUT2D eigenvalue weighted by atomic mass is 32.2. The van der Waals surface area contributed by atoms with Crippen molar-refractivity contribution in [3.05, 3.63) is 30.2 Å². The summed E-state index contributed by atoms with van der Waals surface area (Å²) in [5.74, 6) is 0.287. The molecule has 0 radical (unpaired) electrons. The van der Waals surface area contributed by atoms with E-state index in [1.54, 1.807) is 32.2 Å². The molecule has 1 aromatic heterocycles. The Hall–Kier alpha value is -2.09. The third-order valence-corrected chi connectivity index (χ3v) is 3.57. The first-order valence-corrected chi connectivity index (χ1v) is 6.61. The number of anilines is 2. The van der Waals surface area contributed by atoms with E-state index in [0.29, 0.717) is 5.69 Å². The van der Waals surface area contributed by atoms with Crippen LogP contribution in [0.3, 0.4) is 0 Å². The molecule has 0 saturated heterocycles. The molecule has 1 heterocycles. The van der Waals surface area contributed by atoms with Gasteiger partial charge in [0, 0.05) is 14.0 Å². The van der Waals surface area contributed by atoms with E-state index >= 15 is 0 Å². The molecular weight excluding hydrogens is 256 g/mol. The number of benzene rings is 1. The Balaban J connectivity index is 2.36. The molecule has 18 heavy (non-hydrogen) atoms. The third-order valence-electron chi connectivity index (χ3n) is 2.19. The Morgan fingerprint density at radius 2 is 1.94 bits per heavy atom. The number of nitrogens with zero attached hydrogens (tertiary/aromatic N) is 2. The maximum absolute atomic E-state index is 12.1. The first-order chi connectivity index (χ1) is 8.53. The van der Waals surface area contributed by atoms with Gasteiger partial charge in [-0.25, -0.2) is 13.1 Å². The van der Waals surface area contributed by atoms with Crippen molar-refractivity contribution < 1.29 is 12.8 Å². The van der Waals surface area contributed by atoms with Gasteiger partial charge in [0.2, 0.25) is 5.89 Å². The van der Waals surface area contributed by atoms with Crippen molar-refractivity contribution in [3.8, 4) is 0 Å². The molecule has 96 valence electrons. The van der Waals surface area contributed by atoms with Gasteiger partial charge in [-0.15, -0.1) is 5.10 Å². The standard InChI is InChI=1S/C10H12N4O3S/c1-7-12-13-10(17-7)14-18(15,16)9-6-4-3-5-8(9)11-2/h3-6,11H,1-2H3,(H,13,14). The first kappa shape index (κ1) is 12.4. The van der Waals surface area contributed by atoms with Crippen LogP contribution in [0.4, 0.5) is 11.7 Å². The van der Waals surface area contributed by atoms with Crippen LogP contribution >= 0.6 is 0 Å². The number of aryl methyl sites for hydroxylation is 1. The van der Waals surface area contributed by atoms with E-state index in [2.05, 4.69) is 20.2 Å². The van der Waals surface area contributed by atoms with Crippen LogP contribution in [0.1, 0.15) is 5.89 Å². The van der Waals surface area contributed by atoms with Gasteiger partial charge < -0.3 is 9.73 Å². The van der Waals surface area contributed by atoms with Crippen LogP contribution in [-0.4, -0.2) is 25.7 Å². The lowest BCUT2D eigenvalue weighted by atomic mass is 10.3. The molecule has 0 aliphatic rings. The van der Waals surface area contributed by atoms with Gasteiger partial charge in [-0.05, 0) is 12.1 Å². The molecule has 0 saturated carbocycles. The second kappa shape index (κ2) is 4.65. The summed E-state index contributed by atoms with van der Waals surface area (Å²) in [4.78, 5) is 0.114. The van der Waals surface area contributed by atoms with Gasteiger partial charge in [-0.1, -0.05) is 17.2 Å². The summed E-state index contributed by atoms with van der Waals surface area (Å²) < 4.78 is 31.4. The molecule has 0 amide bonds. The highest BCUT2D eigenvalue weighted by Crippen LogP contribution is 2.22. The molecule has 0 atom stereocenters. The number of rotatable bonds is 4. The molecule has 8 heteroatoms. The fourth-order valence-electron chi connectivity index (χ4n) is 1.42. The summed E-state index contributed by atoms with van der Waals surface area (Å²) in [5.41, 5.74) is 0.487. The first-order valence-electron chi connectivity index (χ1n) is 5.12. The Kier molecular flexibility index (Phi) is 3.19. The number of nitrogens with one attached hydrogen (secondary N) is 2. The van der Waals surface area contributed by atoms with Crippen molar-refractivity contribution in [2.45, 2.75) is 11.8 Å². The molecular formula is C10H12N4O3S. The molecule has 0 spiro atoms. The van der Waals surface area contributed by atoms with Crippen molar-refractivity contribution in [1.82, 2.24) is 10.2 Å². The fraction of sp³-hybridized carbons (Fsp3) is 0.200. The molecule has 0 bridgehead atoms. The van der Waals surface area contributed by atoms with Crippen molar-refractivity contribution in [3.63, 3.8) is 0 Å². The summed E-state index contributed by atoms with van der Waals surface area (Å²) >= 11 is 0. The van der Waals surface area contributed by atoms with Crippen LogP contribution < -0.4 is 10.0 Å². The van der Waals surface area contributed by atoms with Crippen molar-refractivity contribution in [1.29, 1.82) is 0 Å². The van der Waals surface area contributed by atoms with E-state index in [-0.39, 0.29) is 16.8 Å². The lowest BCUT2D eigenvalue weighted by molar-refractivity contribution is 0.534. The Bertz CT molecular complexity index is 651. The van der Waals surface area contributed by atoms with E-state index in [1.165, 1.54) is 6.07 Å². The fourth-order valence-corrected chi connectivity index (χ4v) is 2.55. The molecule has 0 unspecified atom stereocenters. The van der Waals surface area contributed by atoms with Gasteiger partial charge in [-0.2, -0.15) is 0 Å².